The molecule has 0 N–H and O–H groups in total. The zero-order valence-electron chi connectivity index (χ0n) is 11.1. The van der Waals surface area contributed by atoms with E-state index in [4.69, 9.17) is 4.74 Å². The summed E-state index contributed by atoms with van der Waals surface area (Å²) in [6, 6.07) is 11.9. The van der Waals surface area contributed by atoms with Gasteiger partial charge in [0, 0.05) is 17.7 Å². The van der Waals surface area contributed by atoms with Gasteiger partial charge < -0.3 is 4.74 Å². The van der Waals surface area contributed by atoms with Crippen molar-refractivity contribution in [3.63, 3.8) is 0 Å². The molecule has 0 saturated carbocycles. The van der Waals surface area contributed by atoms with Gasteiger partial charge in [0.15, 0.2) is 0 Å². The second-order valence-electron chi connectivity index (χ2n) is 4.50. The first-order valence-electron chi connectivity index (χ1n) is 6.45. The molecular formula is C16H18O2S. The minimum Gasteiger partial charge on any atom is -0.497 e. The molecule has 19 heavy (non-hydrogen) atoms. The van der Waals surface area contributed by atoms with Crippen LogP contribution in [-0.4, -0.2) is 12.9 Å². The van der Waals surface area contributed by atoms with Crippen LogP contribution in [0.4, 0.5) is 0 Å². The summed E-state index contributed by atoms with van der Waals surface area (Å²) in [6.07, 6.45) is 3.12. The van der Waals surface area contributed by atoms with Crippen molar-refractivity contribution in [1.82, 2.24) is 0 Å². The number of thiophene rings is 1. The predicted octanol–water partition coefficient (Wildman–Crippen LogP) is 3.89. The molecule has 0 atom stereocenters. The predicted molar refractivity (Wildman–Crippen MR) is 79.0 cm³/mol. The van der Waals surface area contributed by atoms with Gasteiger partial charge in [-0.05, 0) is 42.0 Å². The second-order valence-corrected chi connectivity index (χ2v) is 5.53. The Morgan fingerprint density at radius 1 is 1.21 bits per heavy atom. The Labute approximate surface area is 118 Å². The number of rotatable bonds is 7. The number of methoxy groups -OCH3 is 1. The molecule has 3 heteroatoms. The van der Waals surface area contributed by atoms with Crippen molar-refractivity contribution in [2.75, 3.05) is 7.11 Å². The third-order valence-electron chi connectivity index (χ3n) is 3.02. The average molecular weight is 274 g/mol. The van der Waals surface area contributed by atoms with Crippen LogP contribution in [0.3, 0.4) is 0 Å². The molecule has 0 radical (unpaired) electrons. The van der Waals surface area contributed by atoms with Crippen LogP contribution >= 0.6 is 11.3 Å². The summed E-state index contributed by atoms with van der Waals surface area (Å²) in [5, 5.41) is 2.08. The molecule has 100 valence electrons. The Bertz CT molecular complexity index is 500. The van der Waals surface area contributed by atoms with Crippen LogP contribution in [0.2, 0.25) is 0 Å². The van der Waals surface area contributed by atoms with E-state index in [0.717, 1.165) is 24.2 Å². The van der Waals surface area contributed by atoms with Gasteiger partial charge in [-0.25, -0.2) is 0 Å². The first-order valence-corrected chi connectivity index (χ1v) is 7.33. The summed E-state index contributed by atoms with van der Waals surface area (Å²) < 4.78 is 5.10. The van der Waals surface area contributed by atoms with Crippen LogP contribution in [0, 0.1) is 0 Å². The minimum absolute atomic E-state index is 0.307. The van der Waals surface area contributed by atoms with Gasteiger partial charge in [-0.1, -0.05) is 18.2 Å². The molecule has 1 heterocycles. The lowest BCUT2D eigenvalue weighted by molar-refractivity contribution is -0.118. The first kappa shape index (κ1) is 13.8. The molecule has 0 aliphatic heterocycles. The molecule has 0 spiro atoms. The molecule has 2 nitrogen and oxygen atoms in total. The maximum atomic E-state index is 11.9. The molecule has 1 aromatic heterocycles. The highest BCUT2D eigenvalue weighted by Gasteiger charge is 2.04. The number of ketones is 1. The number of hydrogen-bond acceptors (Lipinski definition) is 3. The van der Waals surface area contributed by atoms with Crippen molar-refractivity contribution in [2.24, 2.45) is 0 Å². The molecule has 0 aliphatic rings. The highest BCUT2D eigenvalue weighted by molar-refractivity contribution is 7.09. The van der Waals surface area contributed by atoms with E-state index in [1.807, 2.05) is 24.3 Å². The Morgan fingerprint density at radius 2 is 2.00 bits per heavy atom. The Morgan fingerprint density at radius 3 is 2.63 bits per heavy atom. The number of carbonyl (C=O) groups excluding carboxylic acids is 1. The largest absolute Gasteiger partial charge is 0.497 e. The lowest BCUT2D eigenvalue weighted by atomic mass is 10.0. The monoisotopic (exact) mass is 274 g/mol. The smallest absolute Gasteiger partial charge is 0.137 e. The zero-order chi connectivity index (χ0) is 13.5. The molecule has 0 aliphatic carbocycles. The maximum absolute atomic E-state index is 11.9. The van der Waals surface area contributed by atoms with Gasteiger partial charge in [0.1, 0.15) is 11.5 Å². The van der Waals surface area contributed by atoms with Crippen LogP contribution in [-0.2, 0) is 17.6 Å². The SMILES string of the molecule is COc1ccc(CC(=O)CCCc2cccs2)cc1. The molecule has 0 amide bonds. The Hall–Kier alpha value is -1.61. The number of ether oxygens (including phenoxy) is 1. The summed E-state index contributed by atoms with van der Waals surface area (Å²) >= 11 is 1.76. The molecule has 2 aromatic rings. The van der Waals surface area contributed by atoms with Gasteiger partial charge in [0.2, 0.25) is 0 Å². The Kier molecular flexibility index (Phi) is 5.16. The van der Waals surface area contributed by atoms with Crippen LogP contribution in [0.25, 0.3) is 0 Å². The van der Waals surface area contributed by atoms with E-state index in [2.05, 4.69) is 17.5 Å². The number of Topliss-reactive ketones (excluding diaryl/α,β-unsaturated/α-hetero) is 1. The van der Waals surface area contributed by atoms with Gasteiger partial charge in [-0.3, -0.25) is 4.79 Å². The highest BCUT2D eigenvalue weighted by atomic mass is 32.1. The minimum atomic E-state index is 0.307. The van der Waals surface area contributed by atoms with E-state index >= 15 is 0 Å². The van der Waals surface area contributed by atoms with Crippen molar-refractivity contribution in [2.45, 2.75) is 25.7 Å². The van der Waals surface area contributed by atoms with Crippen LogP contribution < -0.4 is 4.74 Å². The molecule has 0 bridgehead atoms. The summed E-state index contributed by atoms with van der Waals surface area (Å²) in [7, 11) is 1.64. The van der Waals surface area contributed by atoms with Gasteiger partial charge >= 0.3 is 0 Å². The van der Waals surface area contributed by atoms with Gasteiger partial charge in [0.05, 0.1) is 7.11 Å². The summed E-state index contributed by atoms with van der Waals surface area (Å²) in [5.74, 6) is 1.13. The standard InChI is InChI=1S/C16H18O2S/c1-18-15-9-7-13(8-10-15)12-14(17)4-2-5-16-6-3-11-19-16/h3,6-11H,2,4-5,12H2,1H3. The van der Waals surface area contributed by atoms with E-state index in [9.17, 15) is 4.79 Å². The molecule has 1 aromatic carbocycles. The molecule has 0 fully saturated rings. The molecule has 0 saturated heterocycles. The number of aryl methyl sites for hydroxylation is 1. The fraction of sp³-hybridized carbons (Fsp3) is 0.312. The lowest BCUT2D eigenvalue weighted by Crippen LogP contribution is -2.03. The van der Waals surface area contributed by atoms with Gasteiger partial charge in [0.25, 0.3) is 0 Å². The average Bonchev–Trinajstić information content (AvgIpc) is 2.93. The van der Waals surface area contributed by atoms with Crippen molar-refractivity contribution in [3.05, 3.63) is 52.2 Å². The fourth-order valence-corrected chi connectivity index (χ4v) is 2.73. The van der Waals surface area contributed by atoms with E-state index in [1.165, 1.54) is 4.88 Å². The number of carbonyl (C=O) groups is 1. The van der Waals surface area contributed by atoms with Gasteiger partial charge in [-0.2, -0.15) is 0 Å². The molecule has 0 unspecified atom stereocenters. The summed E-state index contributed by atoms with van der Waals surface area (Å²) in [6.45, 7) is 0. The van der Waals surface area contributed by atoms with Crippen LogP contribution in [0.1, 0.15) is 23.3 Å². The third-order valence-corrected chi connectivity index (χ3v) is 3.96. The maximum Gasteiger partial charge on any atom is 0.137 e. The normalized spacial score (nSPS) is 10.4. The van der Waals surface area contributed by atoms with Crippen LogP contribution in [0.5, 0.6) is 5.75 Å². The third kappa shape index (κ3) is 4.52. The van der Waals surface area contributed by atoms with E-state index in [1.54, 1.807) is 18.4 Å². The lowest BCUT2D eigenvalue weighted by Gasteiger charge is -2.03. The number of hydrogen-bond donors (Lipinski definition) is 0. The fourth-order valence-electron chi connectivity index (χ4n) is 1.97. The van der Waals surface area contributed by atoms with E-state index in [-0.39, 0.29) is 0 Å². The van der Waals surface area contributed by atoms with Crippen molar-refractivity contribution >= 4 is 17.1 Å². The molecular weight excluding hydrogens is 256 g/mol. The van der Waals surface area contributed by atoms with E-state index < -0.39 is 0 Å². The van der Waals surface area contributed by atoms with Gasteiger partial charge in [-0.15, -0.1) is 11.3 Å². The van der Waals surface area contributed by atoms with Crippen molar-refractivity contribution in [1.29, 1.82) is 0 Å². The quantitative estimate of drug-likeness (QED) is 0.765. The van der Waals surface area contributed by atoms with Crippen molar-refractivity contribution in [3.8, 4) is 5.75 Å². The second kappa shape index (κ2) is 7.10. The van der Waals surface area contributed by atoms with Crippen molar-refractivity contribution < 1.29 is 9.53 Å². The summed E-state index contributed by atoms with van der Waals surface area (Å²) in [4.78, 5) is 13.2. The highest BCUT2D eigenvalue weighted by Crippen LogP contribution is 2.14. The number of benzene rings is 1. The zero-order valence-corrected chi connectivity index (χ0v) is 11.9. The van der Waals surface area contributed by atoms with Crippen LogP contribution in [0.15, 0.2) is 41.8 Å². The molecule has 2 rings (SSSR count). The summed E-state index contributed by atoms with van der Waals surface area (Å²) in [5.41, 5.74) is 1.06. The van der Waals surface area contributed by atoms with E-state index in [0.29, 0.717) is 18.6 Å². The Balaban J connectivity index is 1.74. The first-order chi connectivity index (χ1) is 9.28. The topological polar surface area (TPSA) is 26.3 Å².